The van der Waals surface area contributed by atoms with E-state index in [4.69, 9.17) is 5.73 Å². The van der Waals surface area contributed by atoms with Gasteiger partial charge in [-0.3, -0.25) is 9.59 Å². The number of carbonyl (C=O) groups excluding carboxylic acids is 2. The van der Waals surface area contributed by atoms with E-state index in [1.54, 1.807) is 17.0 Å². The Balaban J connectivity index is 0.00000208. The van der Waals surface area contributed by atoms with E-state index < -0.39 is 0 Å². The molecule has 1 saturated heterocycles. The highest BCUT2D eigenvalue weighted by molar-refractivity contribution is 5.98. The molecule has 0 radical (unpaired) electrons. The summed E-state index contributed by atoms with van der Waals surface area (Å²) in [7, 11) is 0. The van der Waals surface area contributed by atoms with Crippen LogP contribution in [0.3, 0.4) is 0 Å². The molecule has 0 aromatic heterocycles. The molecule has 1 unspecified atom stereocenters. The van der Waals surface area contributed by atoms with Gasteiger partial charge in [0.1, 0.15) is 6.04 Å². The maximum atomic E-state index is 12.6. The maximum Gasteiger partial charge on any atom is 0.254 e. The first-order valence-electron chi connectivity index (χ1n) is 8.57. The molecule has 6 heteroatoms. The summed E-state index contributed by atoms with van der Waals surface area (Å²) >= 11 is 0. The van der Waals surface area contributed by atoms with Gasteiger partial charge in [0.25, 0.3) is 5.91 Å². The average Bonchev–Trinajstić information content (AvgIpc) is 3.07. The molecule has 1 aromatic carbocycles. The van der Waals surface area contributed by atoms with Crippen LogP contribution in [0.15, 0.2) is 30.3 Å². The lowest BCUT2D eigenvalue weighted by molar-refractivity contribution is -0.125. The number of carbonyl (C=O) groups is 2. The Labute approximate surface area is 149 Å². The number of halogens is 1. The minimum Gasteiger partial charge on any atom is -0.352 e. The van der Waals surface area contributed by atoms with Gasteiger partial charge in [-0.05, 0) is 50.7 Å². The highest BCUT2D eigenvalue weighted by atomic mass is 35.5. The molecule has 24 heavy (non-hydrogen) atoms. The second-order valence-electron chi connectivity index (χ2n) is 6.64. The molecule has 3 rings (SSSR count). The van der Waals surface area contributed by atoms with Crippen molar-refractivity contribution in [1.82, 2.24) is 10.2 Å². The lowest BCUT2D eigenvalue weighted by atomic mass is 9.91. The summed E-state index contributed by atoms with van der Waals surface area (Å²) in [5.74, 6) is -0.0545. The van der Waals surface area contributed by atoms with Gasteiger partial charge >= 0.3 is 0 Å². The molecule has 1 aromatic rings. The molecule has 1 aliphatic heterocycles. The summed E-state index contributed by atoms with van der Waals surface area (Å²) in [6, 6.07) is 9.34. The largest absolute Gasteiger partial charge is 0.352 e. The molecule has 5 nitrogen and oxygen atoms in total. The van der Waals surface area contributed by atoms with Crippen LogP contribution in [0.5, 0.6) is 0 Å². The molecular formula is C18H26ClN3O2. The van der Waals surface area contributed by atoms with E-state index in [-0.39, 0.29) is 42.3 Å². The zero-order chi connectivity index (χ0) is 16.2. The van der Waals surface area contributed by atoms with Crippen LogP contribution in [0.2, 0.25) is 0 Å². The lowest BCUT2D eigenvalue weighted by Crippen LogP contribution is -2.50. The molecular weight excluding hydrogens is 326 g/mol. The van der Waals surface area contributed by atoms with E-state index in [1.165, 1.54) is 0 Å². The van der Waals surface area contributed by atoms with Crippen LogP contribution in [-0.2, 0) is 4.79 Å². The van der Waals surface area contributed by atoms with Gasteiger partial charge in [-0.1, -0.05) is 18.2 Å². The smallest absolute Gasteiger partial charge is 0.254 e. The molecule has 1 heterocycles. The Kier molecular flexibility index (Phi) is 6.63. The Bertz CT molecular complexity index is 559. The minimum atomic E-state index is -0.335. The summed E-state index contributed by atoms with van der Waals surface area (Å²) in [4.78, 5) is 27.0. The highest BCUT2D eigenvalue weighted by Gasteiger charge is 2.35. The Morgan fingerprint density at radius 2 is 1.71 bits per heavy atom. The number of likely N-dealkylation sites (tertiary alicyclic amines) is 1. The van der Waals surface area contributed by atoms with Crippen LogP contribution in [0.4, 0.5) is 0 Å². The molecule has 1 atom stereocenters. The molecule has 0 spiro atoms. The third-order valence-corrected chi connectivity index (χ3v) is 4.96. The van der Waals surface area contributed by atoms with Crippen LogP contribution < -0.4 is 11.1 Å². The van der Waals surface area contributed by atoms with Gasteiger partial charge in [-0.15, -0.1) is 12.4 Å². The molecule has 132 valence electrons. The first kappa shape index (κ1) is 18.7. The number of amides is 2. The molecule has 3 N–H and O–H groups in total. The number of nitrogens with zero attached hydrogens (tertiary/aromatic N) is 1. The number of nitrogens with one attached hydrogen (secondary N) is 1. The SMILES string of the molecule is Cl.NC1CCC(NC(=O)C2CCCN2C(=O)c2ccccc2)CC1. The van der Waals surface area contributed by atoms with Crippen molar-refractivity contribution >= 4 is 24.2 Å². The lowest BCUT2D eigenvalue weighted by Gasteiger charge is -2.30. The maximum absolute atomic E-state index is 12.6. The van der Waals surface area contributed by atoms with Gasteiger partial charge in [0.15, 0.2) is 0 Å². The summed E-state index contributed by atoms with van der Waals surface area (Å²) in [6.45, 7) is 0.654. The van der Waals surface area contributed by atoms with Gasteiger partial charge < -0.3 is 16.0 Å². The number of hydrogen-bond acceptors (Lipinski definition) is 3. The van der Waals surface area contributed by atoms with E-state index >= 15 is 0 Å². The molecule has 1 aliphatic carbocycles. The first-order valence-corrected chi connectivity index (χ1v) is 8.57. The number of hydrogen-bond donors (Lipinski definition) is 2. The van der Waals surface area contributed by atoms with Crippen molar-refractivity contribution in [2.75, 3.05) is 6.54 Å². The van der Waals surface area contributed by atoms with E-state index in [0.29, 0.717) is 12.1 Å². The standard InChI is InChI=1S/C18H25N3O2.ClH/c19-14-8-10-15(11-9-14)20-17(22)16-7-4-12-21(16)18(23)13-5-2-1-3-6-13;/h1-3,5-6,14-16H,4,7-12,19H2,(H,20,22);1H. The predicted molar refractivity (Wildman–Crippen MR) is 96.1 cm³/mol. The van der Waals surface area contributed by atoms with Gasteiger partial charge in [0, 0.05) is 24.2 Å². The second kappa shape index (κ2) is 8.49. The normalized spacial score (nSPS) is 26.5. The second-order valence-corrected chi connectivity index (χ2v) is 6.64. The quantitative estimate of drug-likeness (QED) is 0.875. The van der Waals surface area contributed by atoms with Crippen molar-refractivity contribution in [3.8, 4) is 0 Å². The fourth-order valence-electron chi connectivity index (χ4n) is 3.59. The minimum absolute atomic E-state index is 0. The Morgan fingerprint density at radius 1 is 1.04 bits per heavy atom. The van der Waals surface area contributed by atoms with E-state index in [0.717, 1.165) is 38.5 Å². The fraction of sp³-hybridized carbons (Fsp3) is 0.556. The zero-order valence-corrected chi connectivity index (χ0v) is 14.6. The van der Waals surface area contributed by atoms with Crippen molar-refractivity contribution in [3.63, 3.8) is 0 Å². The Hall–Kier alpha value is -1.59. The topological polar surface area (TPSA) is 75.4 Å². The number of benzene rings is 1. The van der Waals surface area contributed by atoms with Crippen LogP contribution in [0, 0.1) is 0 Å². The highest BCUT2D eigenvalue weighted by Crippen LogP contribution is 2.22. The third-order valence-electron chi connectivity index (χ3n) is 4.96. The van der Waals surface area contributed by atoms with Gasteiger partial charge in [-0.2, -0.15) is 0 Å². The first-order chi connectivity index (χ1) is 11.1. The van der Waals surface area contributed by atoms with Crippen molar-refractivity contribution in [2.45, 2.75) is 56.7 Å². The van der Waals surface area contributed by atoms with Crippen molar-refractivity contribution in [3.05, 3.63) is 35.9 Å². The molecule has 2 fully saturated rings. The summed E-state index contributed by atoms with van der Waals surface area (Å²) < 4.78 is 0. The van der Waals surface area contributed by atoms with E-state index in [2.05, 4.69) is 5.32 Å². The molecule has 2 amide bonds. The zero-order valence-electron chi connectivity index (χ0n) is 13.8. The molecule has 1 saturated carbocycles. The van der Waals surface area contributed by atoms with Crippen LogP contribution in [-0.4, -0.2) is 41.4 Å². The monoisotopic (exact) mass is 351 g/mol. The van der Waals surface area contributed by atoms with Gasteiger partial charge in [0.05, 0.1) is 0 Å². The van der Waals surface area contributed by atoms with Gasteiger partial charge in [0.2, 0.25) is 5.91 Å². The third kappa shape index (κ3) is 4.28. The Morgan fingerprint density at radius 3 is 2.38 bits per heavy atom. The van der Waals surface area contributed by atoms with Crippen molar-refractivity contribution in [1.29, 1.82) is 0 Å². The molecule has 2 aliphatic rings. The molecule has 0 bridgehead atoms. The van der Waals surface area contributed by atoms with Crippen LogP contribution in [0.1, 0.15) is 48.9 Å². The number of rotatable bonds is 3. The fourth-order valence-corrected chi connectivity index (χ4v) is 3.59. The van der Waals surface area contributed by atoms with E-state index in [1.807, 2.05) is 18.2 Å². The van der Waals surface area contributed by atoms with Crippen molar-refractivity contribution < 1.29 is 9.59 Å². The van der Waals surface area contributed by atoms with E-state index in [9.17, 15) is 9.59 Å². The summed E-state index contributed by atoms with van der Waals surface area (Å²) in [5.41, 5.74) is 6.56. The van der Waals surface area contributed by atoms with Crippen LogP contribution >= 0.6 is 12.4 Å². The average molecular weight is 352 g/mol. The summed E-state index contributed by atoms with van der Waals surface area (Å²) in [6.07, 6.45) is 5.42. The van der Waals surface area contributed by atoms with Crippen molar-refractivity contribution in [2.24, 2.45) is 5.73 Å². The summed E-state index contributed by atoms with van der Waals surface area (Å²) in [5, 5.41) is 3.13. The number of nitrogens with two attached hydrogens (primary N) is 1. The predicted octanol–water partition coefficient (Wildman–Crippen LogP) is 2.10. The van der Waals surface area contributed by atoms with Crippen LogP contribution in [0.25, 0.3) is 0 Å². The van der Waals surface area contributed by atoms with Gasteiger partial charge in [-0.25, -0.2) is 0 Å².